The summed E-state index contributed by atoms with van der Waals surface area (Å²) in [6.07, 6.45) is 3.93. The van der Waals surface area contributed by atoms with E-state index in [4.69, 9.17) is 21.1 Å². The Labute approximate surface area is 229 Å². The van der Waals surface area contributed by atoms with Gasteiger partial charge in [-0.25, -0.2) is 8.42 Å². The van der Waals surface area contributed by atoms with Crippen molar-refractivity contribution in [3.05, 3.63) is 53.1 Å². The molecule has 0 aromatic heterocycles. The third-order valence-corrected chi connectivity index (χ3v) is 9.07. The fraction of sp³-hybridized carbons (Fsp3) is 0.481. The van der Waals surface area contributed by atoms with E-state index >= 15 is 0 Å². The van der Waals surface area contributed by atoms with Crippen LogP contribution in [0.4, 0.5) is 5.69 Å². The summed E-state index contributed by atoms with van der Waals surface area (Å²) in [5.41, 5.74) is 0.942. The molecule has 1 fully saturated rings. The predicted molar refractivity (Wildman–Crippen MR) is 146 cm³/mol. The van der Waals surface area contributed by atoms with Crippen LogP contribution in [0.1, 0.15) is 45.1 Å². The van der Waals surface area contributed by atoms with Gasteiger partial charge < -0.3 is 19.7 Å². The van der Waals surface area contributed by atoms with E-state index in [1.165, 1.54) is 11.8 Å². The fourth-order valence-electron chi connectivity index (χ4n) is 4.69. The molecule has 2 aromatic carbocycles. The lowest BCUT2D eigenvalue weighted by Gasteiger charge is -2.32. The topological polar surface area (TPSA) is 105 Å². The average molecular weight is 564 g/mol. The number of amides is 2. The molecule has 11 heteroatoms. The maximum atomic E-state index is 13.8. The van der Waals surface area contributed by atoms with Crippen LogP contribution < -0.4 is 19.1 Å². The van der Waals surface area contributed by atoms with E-state index in [0.717, 1.165) is 30.0 Å². The third kappa shape index (κ3) is 6.53. The number of hydrogen-bond acceptors (Lipinski definition) is 6. The highest BCUT2D eigenvalue weighted by molar-refractivity contribution is 7.92. The predicted octanol–water partition coefficient (Wildman–Crippen LogP) is 3.74. The van der Waals surface area contributed by atoms with E-state index in [9.17, 15) is 18.0 Å². The molecule has 2 amide bonds. The minimum Gasteiger partial charge on any atom is -0.486 e. The first-order valence-electron chi connectivity index (χ1n) is 12.9. The SMILES string of the molecule is CCS(=O)(=O)N(CC(=O)N(Cc1ccccc1Cl)C(C)C(=O)NC1CCCC1)c1ccc2c(c1)OCCO2. The molecular weight excluding hydrogens is 530 g/mol. The number of hydrogen-bond donors (Lipinski definition) is 1. The number of anilines is 1. The van der Waals surface area contributed by atoms with Crippen molar-refractivity contribution in [1.82, 2.24) is 10.2 Å². The van der Waals surface area contributed by atoms with Gasteiger partial charge in [0.25, 0.3) is 0 Å². The molecule has 9 nitrogen and oxygen atoms in total. The van der Waals surface area contributed by atoms with E-state index in [1.54, 1.807) is 49.4 Å². The number of ether oxygens (including phenoxy) is 2. The highest BCUT2D eigenvalue weighted by Crippen LogP contribution is 2.35. The van der Waals surface area contributed by atoms with Crippen LogP contribution in [0.15, 0.2) is 42.5 Å². The van der Waals surface area contributed by atoms with Gasteiger partial charge in [-0.2, -0.15) is 0 Å². The Morgan fingerprint density at radius 1 is 1.08 bits per heavy atom. The lowest BCUT2D eigenvalue weighted by atomic mass is 10.1. The Morgan fingerprint density at radius 3 is 2.45 bits per heavy atom. The molecule has 1 unspecified atom stereocenters. The number of carbonyl (C=O) groups excluding carboxylic acids is 2. The van der Waals surface area contributed by atoms with Crippen molar-refractivity contribution in [3.8, 4) is 11.5 Å². The van der Waals surface area contributed by atoms with Gasteiger partial charge in [0.2, 0.25) is 21.8 Å². The Balaban J connectivity index is 1.63. The van der Waals surface area contributed by atoms with E-state index in [2.05, 4.69) is 5.32 Å². The number of nitrogens with one attached hydrogen (secondary N) is 1. The first-order valence-corrected chi connectivity index (χ1v) is 14.9. The summed E-state index contributed by atoms with van der Waals surface area (Å²) < 4.78 is 38.6. The molecule has 0 spiro atoms. The monoisotopic (exact) mass is 563 g/mol. The molecule has 0 radical (unpaired) electrons. The van der Waals surface area contributed by atoms with Crippen LogP contribution in [0.2, 0.25) is 5.02 Å². The van der Waals surface area contributed by atoms with Crippen molar-refractivity contribution >= 4 is 39.1 Å². The molecule has 2 aliphatic rings. The molecule has 4 rings (SSSR count). The number of halogens is 1. The minimum atomic E-state index is -3.85. The molecule has 2 aromatic rings. The van der Waals surface area contributed by atoms with Crippen molar-refractivity contribution in [2.75, 3.05) is 29.8 Å². The summed E-state index contributed by atoms with van der Waals surface area (Å²) in [4.78, 5) is 28.4. The Hall–Kier alpha value is -2.98. The molecule has 1 heterocycles. The maximum absolute atomic E-state index is 13.8. The van der Waals surface area contributed by atoms with E-state index in [1.807, 2.05) is 0 Å². The summed E-state index contributed by atoms with van der Waals surface area (Å²) in [6, 6.07) is 11.1. The van der Waals surface area contributed by atoms with Crippen LogP contribution in [0, 0.1) is 0 Å². The fourth-order valence-corrected chi connectivity index (χ4v) is 5.94. The van der Waals surface area contributed by atoms with Gasteiger partial charge in [0, 0.05) is 23.7 Å². The molecule has 1 atom stereocenters. The Bertz CT molecular complexity index is 1270. The van der Waals surface area contributed by atoms with Crippen molar-refractivity contribution in [3.63, 3.8) is 0 Å². The second-order valence-corrected chi connectivity index (χ2v) is 12.1. The minimum absolute atomic E-state index is 0.0545. The van der Waals surface area contributed by atoms with Crippen LogP contribution in [-0.2, 0) is 26.2 Å². The van der Waals surface area contributed by atoms with Gasteiger partial charge in [-0.1, -0.05) is 42.6 Å². The first kappa shape index (κ1) is 28.0. The summed E-state index contributed by atoms with van der Waals surface area (Å²) in [5, 5.41) is 3.50. The molecular formula is C27H34ClN3O6S. The van der Waals surface area contributed by atoms with E-state index < -0.39 is 28.5 Å². The largest absolute Gasteiger partial charge is 0.486 e. The zero-order valence-corrected chi connectivity index (χ0v) is 23.3. The second-order valence-electron chi connectivity index (χ2n) is 9.51. The van der Waals surface area contributed by atoms with Gasteiger partial charge in [0.15, 0.2) is 11.5 Å². The lowest BCUT2D eigenvalue weighted by Crippen LogP contribution is -2.52. The van der Waals surface area contributed by atoms with Crippen LogP contribution in [0.5, 0.6) is 11.5 Å². The summed E-state index contributed by atoms with van der Waals surface area (Å²) in [5.74, 6) is -0.0864. The molecule has 0 bridgehead atoms. The number of fused-ring (bicyclic) bond motifs is 1. The van der Waals surface area contributed by atoms with Crippen molar-refractivity contribution in [1.29, 1.82) is 0 Å². The van der Waals surface area contributed by atoms with Gasteiger partial charge in [0.1, 0.15) is 25.8 Å². The van der Waals surface area contributed by atoms with Gasteiger partial charge in [-0.05, 0) is 50.5 Å². The molecule has 0 saturated heterocycles. The maximum Gasteiger partial charge on any atom is 0.244 e. The molecule has 1 aliphatic heterocycles. The van der Waals surface area contributed by atoms with Crippen molar-refractivity contribution in [2.24, 2.45) is 0 Å². The van der Waals surface area contributed by atoms with Crippen LogP contribution >= 0.6 is 11.6 Å². The number of sulfonamides is 1. The van der Waals surface area contributed by atoms with Gasteiger partial charge in [-0.15, -0.1) is 0 Å². The second kappa shape index (κ2) is 12.3. The number of rotatable bonds is 10. The number of carbonyl (C=O) groups is 2. The summed E-state index contributed by atoms with van der Waals surface area (Å²) in [7, 11) is -3.85. The lowest BCUT2D eigenvalue weighted by molar-refractivity contribution is -0.139. The molecule has 206 valence electrons. The quantitative estimate of drug-likeness (QED) is 0.472. The third-order valence-electron chi connectivity index (χ3n) is 6.96. The number of benzene rings is 2. The van der Waals surface area contributed by atoms with Crippen LogP contribution in [-0.4, -0.2) is 62.7 Å². The summed E-state index contributed by atoms with van der Waals surface area (Å²) >= 11 is 6.39. The highest BCUT2D eigenvalue weighted by Gasteiger charge is 2.33. The van der Waals surface area contributed by atoms with Gasteiger partial charge >= 0.3 is 0 Å². The summed E-state index contributed by atoms with van der Waals surface area (Å²) in [6.45, 7) is 3.49. The van der Waals surface area contributed by atoms with Crippen molar-refractivity contribution in [2.45, 2.75) is 58.2 Å². The van der Waals surface area contributed by atoms with E-state index in [0.29, 0.717) is 35.3 Å². The number of nitrogens with zero attached hydrogens (tertiary/aromatic N) is 2. The highest BCUT2D eigenvalue weighted by atomic mass is 35.5. The van der Waals surface area contributed by atoms with E-state index in [-0.39, 0.29) is 29.9 Å². The normalized spacial score (nSPS) is 16.1. The van der Waals surface area contributed by atoms with Crippen LogP contribution in [0.25, 0.3) is 0 Å². The molecule has 1 saturated carbocycles. The molecule has 38 heavy (non-hydrogen) atoms. The first-order chi connectivity index (χ1) is 18.2. The van der Waals surface area contributed by atoms with Crippen LogP contribution in [0.3, 0.4) is 0 Å². The average Bonchev–Trinajstić information content (AvgIpc) is 3.43. The zero-order chi connectivity index (χ0) is 27.3. The van der Waals surface area contributed by atoms with Crippen molar-refractivity contribution < 1.29 is 27.5 Å². The Kier molecular flexibility index (Phi) is 9.04. The molecule has 1 aliphatic carbocycles. The molecule has 1 N–H and O–H groups in total. The van der Waals surface area contributed by atoms with Gasteiger partial charge in [-0.3, -0.25) is 13.9 Å². The van der Waals surface area contributed by atoms with Gasteiger partial charge in [0.05, 0.1) is 11.4 Å². The smallest absolute Gasteiger partial charge is 0.244 e. The zero-order valence-electron chi connectivity index (χ0n) is 21.7. The standard InChI is InChI=1S/C27H34ClN3O6S/c1-3-38(34,35)31(22-12-13-24-25(16-22)37-15-14-36-24)18-26(32)30(17-20-8-4-7-11-23(20)28)19(2)27(33)29-21-9-5-6-10-21/h4,7-8,11-13,16,19,21H,3,5-6,9-10,14-15,17-18H2,1-2H3,(H,29,33). The Morgan fingerprint density at radius 2 is 1.76 bits per heavy atom.